The molecule has 0 radical (unpaired) electrons. The van der Waals surface area contributed by atoms with E-state index in [2.05, 4.69) is 31.1 Å². The summed E-state index contributed by atoms with van der Waals surface area (Å²) in [5.74, 6) is 0. The molecule has 0 saturated carbocycles. The minimum atomic E-state index is 0.0385. The van der Waals surface area contributed by atoms with Crippen LogP contribution in [0.25, 0.3) is 0 Å². The first-order valence-corrected chi connectivity index (χ1v) is 3.51. The SMILES string of the molecule is COn1cc(C(C)(C)C)nn1. The lowest BCUT2D eigenvalue weighted by Gasteiger charge is -2.12. The maximum Gasteiger partial charge on any atom is 0.106 e. The summed E-state index contributed by atoms with van der Waals surface area (Å²) < 4.78 is 0. The molecule has 4 heteroatoms. The van der Waals surface area contributed by atoms with Crippen LogP contribution in [0.4, 0.5) is 0 Å². The van der Waals surface area contributed by atoms with Crippen LogP contribution in [-0.2, 0) is 5.41 Å². The average molecular weight is 155 g/mol. The van der Waals surface area contributed by atoms with Gasteiger partial charge in [-0.3, -0.25) is 0 Å². The van der Waals surface area contributed by atoms with Gasteiger partial charge in [0.15, 0.2) is 0 Å². The number of nitrogens with zero attached hydrogens (tertiary/aromatic N) is 3. The standard InChI is InChI=1S/C7H13N3O/c1-7(2,3)6-5-10(11-4)9-8-6/h5H,1-4H3. The smallest absolute Gasteiger partial charge is 0.106 e. The summed E-state index contributed by atoms with van der Waals surface area (Å²) in [4.78, 5) is 6.18. The molecule has 0 spiro atoms. The van der Waals surface area contributed by atoms with Crippen LogP contribution in [0, 0.1) is 0 Å². The Kier molecular flexibility index (Phi) is 1.85. The topological polar surface area (TPSA) is 39.9 Å². The van der Waals surface area contributed by atoms with Crippen LogP contribution in [0.1, 0.15) is 26.5 Å². The van der Waals surface area contributed by atoms with Gasteiger partial charge in [0.2, 0.25) is 0 Å². The van der Waals surface area contributed by atoms with E-state index < -0.39 is 0 Å². The summed E-state index contributed by atoms with van der Waals surface area (Å²) in [7, 11) is 1.56. The Balaban J connectivity index is 2.89. The van der Waals surface area contributed by atoms with Crippen molar-refractivity contribution in [1.29, 1.82) is 0 Å². The Morgan fingerprint density at radius 2 is 2.09 bits per heavy atom. The van der Waals surface area contributed by atoms with Crippen molar-refractivity contribution in [2.24, 2.45) is 0 Å². The molecule has 1 aromatic rings. The molecule has 0 unspecified atom stereocenters. The first-order chi connectivity index (χ1) is 5.04. The van der Waals surface area contributed by atoms with Crippen molar-refractivity contribution in [1.82, 2.24) is 15.2 Å². The van der Waals surface area contributed by atoms with Crippen molar-refractivity contribution in [3.05, 3.63) is 11.9 Å². The second kappa shape index (κ2) is 2.53. The fraction of sp³-hybridized carbons (Fsp3) is 0.714. The molecule has 0 aromatic carbocycles. The van der Waals surface area contributed by atoms with E-state index >= 15 is 0 Å². The van der Waals surface area contributed by atoms with Crippen LogP contribution >= 0.6 is 0 Å². The zero-order valence-corrected chi connectivity index (χ0v) is 7.33. The van der Waals surface area contributed by atoms with E-state index in [0.29, 0.717) is 0 Å². The highest BCUT2D eigenvalue weighted by Gasteiger charge is 2.17. The molecule has 1 rings (SSSR count). The summed E-state index contributed by atoms with van der Waals surface area (Å²) >= 11 is 0. The number of aromatic nitrogens is 3. The van der Waals surface area contributed by atoms with Crippen molar-refractivity contribution >= 4 is 0 Å². The largest absolute Gasteiger partial charge is 0.399 e. The van der Waals surface area contributed by atoms with Crippen molar-refractivity contribution in [3.8, 4) is 0 Å². The number of hydrogen-bond donors (Lipinski definition) is 0. The molecule has 0 saturated heterocycles. The third-order valence-corrected chi connectivity index (χ3v) is 1.43. The summed E-state index contributed by atoms with van der Waals surface area (Å²) in [5, 5.41) is 7.69. The Labute approximate surface area is 66.1 Å². The number of rotatable bonds is 1. The maximum atomic E-state index is 4.83. The molecule has 0 amide bonds. The Hall–Kier alpha value is -1.06. The van der Waals surface area contributed by atoms with Gasteiger partial charge in [0.05, 0.1) is 11.9 Å². The predicted molar refractivity (Wildman–Crippen MR) is 41.2 cm³/mol. The van der Waals surface area contributed by atoms with Gasteiger partial charge in [-0.25, -0.2) is 0 Å². The normalized spacial score (nSPS) is 11.6. The molecule has 0 bridgehead atoms. The fourth-order valence-electron chi connectivity index (χ4n) is 0.681. The lowest BCUT2D eigenvalue weighted by Crippen LogP contribution is -2.11. The van der Waals surface area contributed by atoms with Crippen molar-refractivity contribution in [2.45, 2.75) is 26.2 Å². The molecular formula is C7H13N3O. The van der Waals surface area contributed by atoms with E-state index in [1.165, 1.54) is 4.85 Å². The summed E-state index contributed by atoms with van der Waals surface area (Å²) in [6.45, 7) is 6.24. The highest BCUT2D eigenvalue weighted by molar-refractivity contribution is 5.05. The van der Waals surface area contributed by atoms with Crippen molar-refractivity contribution in [3.63, 3.8) is 0 Å². The van der Waals surface area contributed by atoms with Gasteiger partial charge in [-0.1, -0.05) is 25.6 Å². The Bertz CT molecular complexity index is 236. The molecule has 11 heavy (non-hydrogen) atoms. The molecule has 1 aromatic heterocycles. The third-order valence-electron chi connectivity index (χ3n) is 1.43. The number of hydrogen-bond acceptors (Lipinski definition) is 3. The van der Waals surface area contributed by atoms with Crippen LogP contribution in [0.2, 0.25) is 0 Å². The van der Waals surface area contributed by atoms with E-state index in [1.807, 2.05) is 0 Å². The van der Waals surface area contributed by atoms with Gasteiger partial charge in [0.1, 0.15) is 7.11 Å². The van der Waals surface area contributed by atoms with E-state index in [9.17, 15) is 0 Å². The molecule has 0 atom stereocenters. The summed E-state index contributed by atoms with van der Waals surface area (Å²) in [6, 6.07) is 0. The van der Waals surface area contributed by atoms with Crippen LogP contribution in [0.3, 0.4) is 0 Å². The van der Waals surface area contributed by atoms with Crippen molar-refractivity contribution in [2.75, 3.05) is 7.11 Å². The molecule has 0 N–H and O–H groups in total. The molecule has 0 aliphatic carbocycles. The summed E-state index contributed by atoms with van der Waals surface area (Å²) in [5.41, 5.74) is 0.968. The molecule has 62 valence electrons. The maximum absolute atomic E-state index is 4.83. The highest BCUT2D eigenvalue weighted by Crippen LogP contribution is 2.17. The fourth-order valence-corrected chi connectivity index (χ4v) is 0.681. The molecule has 1 heterocycles. The van der Waals surface area contributed by atoms with Crippen LogP contribution < -0.4 is 4.84 Å². The molecule has 0 fully saturated rings. The van der Waals surface area contributed by atoms with E-state index in [0.717, 1.165) is 5.69 Å². The van der Waals surface area contributed by atoms with Crippen LogP contribution in [0.5, 0.6) is 0 Å². The second-order valence-corrected chi connectivity index (χ2v) is 3.44. The molecular weight excluding hydrogens is 142 g/mol. The highest BCUT2D eigenvalue weighted by atomic mass is 16.7. The Morgan fingerprint density at radius 1 is 1.45 bits per heavy atom. The lowest BCUT2D eigenvalue weighted by molar-refractivity contribution is 0.128. The molecule has 0 aliphatic rings. The van der Waals surface area contributed by atoms with Gasteiger partial charge in [-0.05, 0) is 5.21 Å². The summed E-state index contributed by atoms with van der Waals surface area (Å²) in [6.07, 6.45) is 1.78. The zero-order chi connectivity index (χ0) is 8.48. The van der Waals surface area contributed by atoms with Crippen LogP contribution in [-0.4, -0.2) is 22.3 Å². The van der Waals surface area contributed by atoms with Crippen molar-refractivity contribution < 1.29 is 4.84 Å². The monoisotopic (exact) mass is 155 g/mol. The third kappa shape index (κ3) is 1.69. The van der Waals surface area contributed by atoms with E-state index in [4.69, 9.17) is 4.84 Å². The zero-order valence-electron chi connectivity index (χ0n) is 7.33. The first kappa shape index (κ1) is 8.04. The molecule has 0 aliphatic heterocycles. The second-order valence-electron chi connectivity index (χ2n) is 3.44. The first-order valence-electron chi connectivity index (χ1n) is 3.51. The van der Waals surface area contributed by atoms with Gasteiger partial charge in [-0.2, -0.15) is 0 Å². The Morgan fingerprint density at radius 3 is 2.36 bits per heavy atom. The molecule has 4 nitrogen and oxygen atoms in total. The van der Waals surface area contributed by atoms with Gasteiger partial charge >= 0.3 is 0 Å². The minimum Gasteiger partial charge on any atom is -0.399 e. The van der Waals surface area contributed by atoms with Gasteiger partial charge in [0.25, 0.3) is 0 Å². The van der Waals surface area contributed by atoms with Crippen LogP contribution in [0.15, 0.2) is 6.20 Å². The lowest BCUT2D eigenvalue weighted by atomic mass is 9.93. The van der Waals surface area contributed by atoms with E-state index in [-0.39, 0.29) is 5.41 Å². The van der Waals surface area contributed by atoms with E-state index in [1.54, 1.807) is 13.3 Å². The average Bonchev–Trinajstić information content (AvgIpc) is 2.32. The minimum absolute atomic E-state index is 0.0385. The van der Waals surface area contributed by atoms with Gasteiger partial charge < -0.3 is 4.84 Å². The predicted octanol–water partition coefficient (Wildman–Crippen LogP) is 0.634. The quantitative estimate of drug-likeness (QED) is 0.597. The van der Waals surface area contributed by atoms with Gasteiger partial charge in [-0.15, -0.1) is 5.10 Å². The van der Waals surface area contributed by atoms with Gasteiger partial charge in [0, 0.05) is 5.41 Å².